The molecule has 0 bridgehead atoms. The van der Waals surface area contributed by atoms with Gasteiger partial charge in [0, 0.05) is 12.2 Å². The van der Waals surface area contributed by atoms with E-state index in [-0.39, 0.29) is 24.3 Å². The van der Waals surface area contributed by atoms with Crippen molar-refractivity contribution in [3.63, 3.8) is 0 Å². The molecule has 0 aliphatic heterocycles. The Morgan fingerprint density at radius 1 is 1.65 bits per heavy atom. The highest BCUT2D eigenvalue weighted by Crippen LogP contribution is 2.34. The molecule has 1 aromatic heterocycles. The number of aromatic nitrogens is 2. The lowest BCUT2D eigenvalue weighted by atomic mass is 10.1. The number of nitrogens with zero attached hydrogens (tertiary/aromatic N) is 1. The first-order chi connectivity index (χ1) is 8.20. The van der Waals surface area contributed by atoms with Gasteiger partial charge in [0.25, 0.3) is 5.91 Å². The number of esters is 1. The van der Waals surface area contributed by atoms with Crippen molar-refractivity contribution in [2.24, 2.45) is 5.92 Å². The zero-order chi connectivity index (χ0) is 12.3. The SMILES string of the molecule is COC(=O)C[C@@H](NC(=O)c1ccn[nH]1)C1CC1. The van der Waals surface area contributed by atoms with Crippen LogP contribution >= 0.6 is 0 Å². The van der Waals surface area contributed by atoms with E-state index in [1.807, 2.05) is 0 Å². The Balaban J connectivity index is 1.93. The molecule has 6 nitrogen and oxygen atoms in total. The Kier molecular flexibility index (Phi) is 3.41. The van der Waals surface area contributed by atoms with Gasteiger partial charge in [-0.2, -0.15) is 5.10 Å². The van der Waals surface area contributed by atoms with Gasteiger partial charge >= 0.3 is 5.97 Å². The molecule has 2 N–H and O–H groups in total. The summed E-state index contributed by atoms with van der Waals surface area (Å²) in [4.78, 5) is 23.0. The number of nitrogens with one attached hydrogen (secondary N) is 2. The number of hydrogen-bond donors (Lipinski definition) is 2. The van der Waals surface area contributed by atoms with Crippen LogP contribution < -0.4 is 5.32 Å². The average molecular weight is 237 g/mol. The molecule has 6 heteroatoms. The molecule has 1 fully saturated rings. The fourth-order valence-electron chi connectivity index (χ4n) is 1.73. The summed E-state index contributed by atoms with van der Waals surface area (Å²) >= 11 is 0. The molecule has 17 heavy (non-hydrogen) atoms. The van der Waals surface area contributed by atoms with Crippen LogP contribution in [0.5, 0.6) is 0 Å². The van der Waals surface area contributed by atoms with E-state index in [1.165, 1.54) is 13.3 Å². The Morgan fingerprint density at radius 2 is 2.41 bits per heavy atom. The lowest BCUT2D eigenvalue weighted by Gasteiger charge is -2.16. The Hall–Kier alpha value is -1.85. The first-order valence-corrected chi connectivity index (χ1v) is 5.57. The van der Waals surface area contributed by atoms with Gasteiger partial charge in [-0.05, 0) is 24.8 Å². The first kappa shape index (κ1) is 11.6. The molecule has 0 unspecified atom stereocenters. The van der Waals surface area contributed by atoms with Crippen LogP contribution in [0, 0.1) is 5.92 Å². The highest BCUT2D eigenvalue weighted by atomic mass is 16.5. The zero-order valence-electron chi connectivity index (χ0n) is 9.60. The number of rotatable bonds is 5. The molecule has 1 saturated carbocycles. The van der Waals surface area contributed by atoms with E-state index in [1.54, 1.807) is 6.07 Å². The molecular weight excluding hydrogens is 222 g/mol. The summed E-state index contributed by atoms with van der Waals surface area (Å²) in [5.74, 6) is -0.143. The maximum Gasteiger partial charge on any atom is 0.307 e. The Labute approximate surface area is 98.7 Å². The summed E-state index contributed by atoms with van der Waals surface area (Å²) in [6, 6.07) is 1.45. The summed E-state index contributed by atoms with van der Waals surface area (Å²) < 4.78 is 4.62. The van der Waals surface area contributed by atoms with Gasteiger partial charge < -0.3 is 10.1 Å². The molecule has 0 spiro atoms. The van der Waals surface area contributed by atoms with Crippen molar-refractivity contribution in [3.05, 3.63) is 18.0 Å². The molecule has 1 aromatic rings. The molecule has 0 radical (unpaired) electrons. The second kappa shape index (κ2) is 4.99. The third-order valence-electron chi connectivity index (χ3n) is 2.87. The van der Waals surface area contributed by atoms with Crippen molar-refractivity contribution in [2.75, 3.05) is 7.11 Å². The molecule has 1 aliphatic carbocycles. The number of amides is 1. The van der Waals surface area contributed by atoms with Crippen LogP contribution in [0.25, 0.3) is 0 Å². The van der Waals surface area contributed by atoms with Gasteiger partial charge in [0.2, 0.25) is 0 Å². The minimum absolute atomic E-state index is 0.141. The molecular formula is C11H15N3O3. The van der Waals surface area contributed by atoms with E-state index >= 15 is 0 Å². The van der Waals surface area contributed by atoms with Crippen molar-refractivity contribution < 1.29 is 14.3 Å². The number of aromatic amines is 1. The number of hydrogen-bond acceptors (Lipinski definition) is 4. The minimum Gasteiger partial charge on any atom is -0.469 e. The van der Waals surface area contributed by atoms with E-state index in [9.17, 15) is 9.59 Å². The normalized spacial score (nSPS) is 16.3. The van der Waals surface area contributed by atoms with E-state index in [0.29, 0.717) is 11.6 Å². The molecule has 1 atom stereocenters. The van der Waals surface area contributed by atoms with Gasteiger partial charge in [-0.25, -0.2) is 0 Å². The van der Waals surface area contributed by atoms with Crippen LogP contribution in [-0.2, 0) is 9.53 Å². The van der Waals surface area contributed by atoms with Gasteiger partial charge in [-0.3, -0.25) is 14.7 Å². The van der Waals surface area contributed by atoms with E-state index in [4.69, 9.17) is 0 Å². The summed E-state index contributed by atoms with van der Waals surface area (Å²) in [5, 5.41) is 9.14. The quantitative estimate of drug-likeness (QED) is 0.729. The number of H-pyrrole nitrogens is 1. The molecule has 0 saturated heterocycles. The van der Waals surface area contributed by atoms with E-state index in [2.05, 4.69) is 20.3 Å². The van der Waals surface area contributed by atoms with Crippen LogP contribution in [-0.4, -0.2) is 35.2 Å². The van der Waals surface area contributed by atoms with Crippen molar-refractivity contribution in [3.8, 4) is 0 Å². The Bertz CT molecular complexity index is 398. The van der Waals surface area contributed by atoms with Gasteiger partial charge in [-0.1, -0.05) is 0 Å². The first-order valence-electron chi connectivity index (χ1n) is 5.57. The highest BCUT2D eigenvalue weighted by molar-refractivity contribution is 5.92. The van der Waals surface area contributed by atoms with Crippen molar-refractivity contribution >= 4 is 11.9 Å². The number of methoxy groups -OCH3 is 1. The fourth-order valence-corrected chi connectivity index (χ4v) is 1.73. The van der Waals surface area contributed by atoms with E-state index < -0.39 is 0 Å². The van der Waals surface area contributed by atoms with Gasteiger partial charge in [0.1, 0.15) is 5.69 Å². The lowest BCUT2D eigenvalue weighted by Crippen LogP contribution is -2.38. The van der Waals surface area contributed by atoms with Crippen LogP contribution in [0.3, 0.4) is 0 Å². The molecule has 92 valence electrons. The largest absolute Gasteiger partial charge is 0.469 e. The zero-order valence-corrected chi connectivity index (χ0v) is 9.60. The highest BCUT2D eigenvalue weighted by Gasteiger charge is 2.34. The van der Waals surface area contributed by atoms with E-state index in [0.717, 1.165) is 12.8 Å². The average Bonchev–Trinajstić information content (AvgIpc) is 3.02. The van der Waals surface area contributed by atoms with Crippen LogP contribution in [0.15, 0.2) is 12.3 Å². The molecule has 2 rings (SSSR count). The second-order valence-electron chi connectivity index (χ2n) is 4.17. The van der Waals surface area contributed by atoms with Gasteiger partial charge in [-0.15, -0.1) is 0 Å². The predicted molar refractivity (Wildman–Crippen MR) is 59.2 cm³/mol. The molecule has 1 amide bonds. The number of ether oxygens (including phenoxy) is 1. The lowest BCUT2D eigenvalue weighted by molar-refractivity contribution is -0.141. The smallest absolute Gasteiger partial charge is 0.307 e. The summed E-state index contributed by atoms with van der Waals surface area (Å²) in [5.41, 5.74) is 0.403. The van der Waals surface area contributed by atoms with Crippen LogP contribution in [0.4, 0.5) is 0 Å². The molecule has 1 aliphatic rings. The maximum absolute atomic E-state index is 11.8. The predicted octanol–water partition coefficient (Wildman–Crippen LogP) is 0.481. The number of carbonyl (C=O) groups is 2. The monoisotopic (exact) mass is 237 g/mol. The minimum atomic E-state index is -0.299. The van der Waals surface area contributed by atoms with Crippen LogP contribution in [0.1, 0.15) is 29.8 Å². The van der Waals surface area contributed by atoms with Crippen LogP contribution in [0.2, 0.25) is 0 Å². The van der Waals surface area contributed by atoms with Gasteiger partial charge in [0.15, 0.2) is 0 Å². The van der Waals surface area contributed by atoms with Gasteiger partial charge in [0.05, 0.1) is 13.5 Å². The second-order valence-corrected chi connectivity index (χ2v) is 4.17. The van der Waals surface area contributed by atoms with Crippen molar-refractivity contribution in [1.82, 2.24) is 15.5 Å². The molecule has 1 heterocycles. The maximum atomic E-state index is 11.8. The summed E-state index contributed by atoms with van der Waals surface area (Å²) in [6.07, 6.45) is 3.83. The Morgan fingerprint density at radius 3 is 2.94 bits per heavy atom. The number of carbonyl (C=O) groups excluding carboxylic acids is 2. The summed E-state index contributed by atoms with van der Waals surface area (Å²) in [6.45, 7) is 0. The third kappa shape index (κ3) is 3.05. The van der Waals surface area contributed by atoms with Crippen molar-refractivity contribution in [2.45, 2.75) is 25.3 Å². The van der Waals surface area contributed by atoms with Crippen molar-refractivity contribution in [1.29, 1.82) is 0 Å². The third-order valence-corrected chi connectivity index (χ3v) is 2.87. The fraction of sp³-hybridized carbons (Fsp3) is 0.545. The standard InChI is InChI=1S/C11H15N3O3/c1-17-10(15)6-9(7-2-3-7)13-11(16)8-4-5-12-14-8/h4-5,7,9H,2-3,6H2,1H3,(H,12,14)(H,13,16)/t9-/m1/s1. The topological polar surface area (TPSA) is 84.1 Å². The molecule has 0 aromatic carbocycles. The summed E-state index contributed by atoms with van der Waals surface area (Å²) in [7, 11) is 1.35.